The Hall–Kier alpha value is -2.84. The van der Waals surface area contributed by atoms with Gasteiger partial charge >= 0.3 is 6.01 Å². The smallest absolute Gasteiger partial charge is 0.320 e. The van der Waals surface area contributed by atoms with Crippen molar-refractivity contribution in [3.8, 4) is 11.8 Å². The quantitative estimate of drug-likeness (QED) is 0.636. The van der Waals surface area contributed by atoms with Crippen molar-refractivity contribution in [3.05, 3.63) is 29.8 Å². The van der Waals surface area contributed by atoms with Gasteiger partial charge in [-0.15, -0.1) is 0 Å². The molecule has 0 unspecified atom stereocenters. The number of hydrogen-bond acceptors (Lipinski definition) is 7. The molecule has 3 rings (SSSR count). The van der Waals surface area contributed by atoms with Crippen molar-refractivity contribution in [2.45, 2.75) is 39.7 Å². The van der Waals surface area contributed by atoms with E-state index >= 15 is 0 Å². The Labute approximate surface area is 182 Å². The molecule has 0 radical (unpaired) electrons. The van der Waals surface area contributed by atoms with E-state index in [0.29, 0.717) is 30.5 Å². The summed E-state index contributed by atoms with van der Waals surface area (Å²) < 4.78 is 38.8. The molecule has 0 spiro atoms. The summed E-state index contributed by atoms with van der Waals surface area (Å²) in [5.74, 6) is -1.05. The number of nitrogens with zero attached hydrogens (tertiary/aromatic N) is 3. The van der Waals surface area contributed by atoms with Crippen LogP contribution in [-0.2, 0) is 6.54 Å². The molecular weight excluding hydrogens is 404 g/mol. The molecule has 31 heavy (non-hydrogen) atoms. The Morgan fingerprint density at radius 2 is 1.87 bits per heavy atom. The van der Waals surface area contributed by atoms with Crippen LogP contribution >= 0.6 is 0 Å². The van der Waals surface area contributed by atoms with Crippen LogP contribution in [-0.4, -0.2) is 49.7 Å². The van der Waals surface area contributed by atoms with Gasteiger partial charge < -0.3 is 25.0 Å². The molecule has 2 N–H and O–H groups in total. The molecule has 7 nitrogen and oxygen atoms in total. The first-order valence-corrected chi connectivity index (χ1v) is 10.3. The standard InChI is InChI=1S/C22H31F2N5O2/c1-21(2,3)14-31-20-27-18(26-12-15-6-8-16(30-5)9-7-15)17(25-4)19(28-20)29-11-10-22(23,24)13-29/h6-9,25H,10-14H2,1-5H3,(H,26,27,28). The minimum Gasteiger partial charge on any atom is -0.497 e. The van der Waals surface area contributed by atoms with Crippen LogP contribution in [0.2, 0.25) is 0 Å². The van der Waals surface area contributed by atoms with E-state index in [-0.39, 0.29) is 30.9 Å². The predicted octanol–water partition coefficient (Wildman–Crippen LogP) is 4.41. The molecule has 1 aliphatic rings. The molecule has 2 heterocycles. The predicted molar refractivity (Wildman–Crippen MR) is 119 cm³/mol. The van der Waals surface area contributed by atoms with E-state index in [1.165, 1.54) is 0 Å². The molecule has 0 atom stereocenters. The normalized spacial score (nSPS) is 15.6. The number of rotatable bonds is 8. The van der Waals surface area contributed by atoms with Crippen molar-refractivity contribution in [3.63, 3.8) is 0 Å². The second kappa shape index (κ2) is 9.11. The second-order valence-electron chi connectivity index (χ2n) is 8.88. The summed E-state index contributed by atoms with van der Waals surface area (Å²) in [6.45, 7) is 6.85. The fourth-order valence-electron chi connectivity index (χ4n) is 3.21. The second-order valence-corrected chi connectivity index (χ2v) is 8.88. The first-order chi connectivity index (χ1) is 14.6. The molecule has 170 valence electrons. The van der Waals surface area contributed by atoms with Crippen LogP contribution < -0.4 is 25.0 Å². The third-order valence-corrected chi connectivity index (χ3v) is 4.84. The summed E-state index contributed by atoms with van der Waals surface area (Å²) in [4.78, 5) is 10.6. The van der Waals surface area contributed by atoms with E-state index in [1.54, 1.807) is 19.1 Å². The zero-order chi connectivity index (χ0) is 22.6. The average Bonchev–Trinajstić information content (AvgIpc) is 3.09. The maximum atomic E-state index is 13.9. The molecule has 1 aromatic carbocycles. The Balaban J connectivity index is 1.89. The van der Waals surface area contributed by atoms with Crippen molar-refractivity contribution >= 4 is 17.3 Å². The summed E-state index contributed by atoms with van der Waals surface area (Å²) in [5, 5.41) is 6.36. The molecule has 1 fully saturated rings. The SMILES string of the molecule is CNc1c(NCc2ccc(OC)cc2)nc(OCC(C)(C)C)nc1N1CCC(F)(F)C1. The Kier molecular flexibility index (Phi) is 6.71. The van der Waals surface area contributed by atoms with E-state index in [9.17, 15) is 8.78 Å². The number of benzene rings is 1. The molecule has 1 aromatic heterocycles. The number of aromatic nitrogens is 2. The average molecular weight is 436 g/mol. The van der Waals surface area contributed by atoms with Crippen LogP contribution in [0.5, 0.6) is 11.8 Å². The highest BCUT2D eigenvalue weighted by atomic mass is 19.3. The van der Waals surface area contributed by atoms with Gasteiger partial charge in [0.25, 0.3) is 5.92 Å². The van der Waals surface area contributed by atoms with Gasteiger partial charge in [-0.1, -0.05) is 32.9 Å². The van der Waals surface area contributed by atoms with Crippen LogP contribution in [0.4, 0.5) is 26.1 Å². The van der Waals surface area contributed by atoms with Crippen LogP contribution in [0.3, 0.4) is 0 Å². The van der Waals surface area contributed by atoms with Gasteiger partial charge in [0, 0.05) is 26.6 Å². The van der Waals surface area contributed by atoms with Gasteiger partial charge in [-0.2, -0.15) is 9.97 Å². The maximum Gasteiger partial charge on any atom is 0.320 e. The lowest BCUT2D eigenvalue weighted by Crippen LogP contribution is -2.27. The Morgan fingerprint density at radius 1 is 1.16 bits per heavy atom. The molecule has 9 heteroatoms. The van der Waals surface area contributed by atoms with Gasteiger partial charge in [0.1, 0.15) is 11.4 Å². The minimum atomic E-state index is -2.74. The minimum absolute atomic E-state index is 0.0947. The number of alkyl halides is 2. The zero-order valence-electron chi connectivity index (χ0n) is 18.8. The molecule has 0 bridgehead atoms. The monoisotopic (exact) mass is 435 g/mol. The number of halogens is 2. The molecule has 1 aliphatic heterocycles. The van der Waals surface area contributed by atoms with E-state index in [1.807, 2.05) is 45.0 Å². The molecular formula is C22H31F2N5O2. The van der Waals surface area contributed by atoms with Crippen molar-refractivity contribution in [2.24, 2.45) is 5.41 Å². The maximum absolute atomic E-state index is 13.9. The highest BCUT2D eigenvalue weighted by Crippen LogP contribution is 2.38. The Bertz CT molecular complexity index is 885. The van der Waals surface area contributed by atoms with E-state index in [0.717, 1.165) is 11.3 Å². The number of nitrogens with one attached hydrogen (secondary N) is 2. The third kappa shape index (κ3) is 6.08. The summed E-state index contributed by atoms with van der Waals surface area (Å²) >= 11 is 0. The topological polar surface area (TPSA) is 71.5 Å². The third-order valence-electron chi connectivity index (χ3n) is 4.84. The lowest BCUT2D eigenvalue weighted by Gasteiger charge is -2.24. The first-order valence-electron chi connectivity index (χ1n) is 10.3. The lowest BCUT2D eigenvalue weighted by molar-refractivity contribution is 0.0256. The van der Waals surface area contributed by atoms with Crippen LogP contribution in [0.1, 0.15) is 32.8 Å². The van der Waals surface area contributed by atoms with Gasteiger partial charge in [0.15, 0.2) is 11.6 Å². The fraction of sp³-hybridized carbons (Fsp3) is 0.545. The highest BCUT2D eigenvalue weighted by Gasteiger charge is 2.40. The largest absolute Gasteiger partial charge is 0.497 e. The molecule has 0 saturated carbocycles. The summed E-state index contributed by atoms with van der Waals surface area (Å²) in [5.41, 5.74) is 1.49. The van der Waals surface area contributed by atoms with E-state index < -0.39 is 5.92 Å². The number of ether oxygens (including phenoxy) is 2. The van der Waals surface area contributed by atoms with Gasteiger partial charge in [0.2, 0.25) is 0 Å². The van der Waals surface area contributed by atoms with Gasteiger partial charge in [-0.05, 0) is 23.1 Å². The van der Waals surface area contributed by atoms with Crippen molar-refractivity contribution in [1.29, 1.82) is 0 Å². The molecule has 0 aliphatic carbocycles. The summed E-state index contributed by atoms with van der Waals surface area (Å²) in [7, 11) is 3.35. The van der Waals surface area contributed by atoms with Gasteiger partial charge in [-0.25, -0.2) is 8.78 Å². The van der Waals surface area contributed by atoms with E-state index in [2.05, 4.69) is 20.6 Å². The first kappa shape index (κ1) is 22.8. The molecule has 1 saturated heterocycles. The van der Waals surface area contributed by atoms with E-state index in [4.69, 9.17) is 9.47 Å². The molecule has 2 aromatic rings. The van der Waals surface area contributed by atoms with Crippen LogP contribution in [0, 0.1) is 5.41 Å². The lowest BCUT2D eigenvalue weighted by atomic mass is 9.99. The molecule has 0 amide bonds. The van der Waals surface area contributed by atoms with Crippen LogP contribution in [0.15, 0.2) is 24.3 Å². The number of methoxy groups -OCH3 is 1. The van der Waals surface area contributed by atoms with Gasteiger partial charge in [0.05, 0.1) is 20.3 Å². The zero-order valence-corrected chi connectivity index (χ0v) is 18.8. The van der Waals surface area contributed by atoms with Crippen molar-refractivity contribution in [1.82, 2.24) is 9.97 Å². The van der Waals surface area contributed by atoms with Crippen LogP contribution in [0.25, 0.3) is 0 Å². The van der Waals surface area contributed by atoms with Crippen molar-refractivity contribution in [2.75, 3.05) is 49.4 Å². The fourth-order valence-corrected chi connectivity index (χ4v) is 3.21. The number of hydrogen-bond donors (Lipinski definition) is 2. The number of anilines is 3. The van der Waals surface area contributed by atoms with Crippen molar-refractivity contribution < 1.29 is 18.3 Å². The van der Waals surface area contributed by atoms with Gasteiger partial charge in [-0.3, -0.25) is 0 Å². The highest BCUT2D eigenvalue weighted by molar-refractivity contribution is 5.78. The summed E-state index contributed by atoms with van der Waals surface area (Å²) in [6, 6.07) is 7.82. The summed E-state index contributed by atoms with van der Waals surface area (Å²) in [6.07, 6.45) is -0.201. The Morgan fingerprint density at radius 3 is 2.42 bits per heavy atom.